The third kappa shape index (κ3) is 4.32. The normalized spacial score (nSPS) is 22.6. The maximum atomic E-state index is 14.1. The molecule has 0 bridgehead atoms. The standard InChI is InChI=1S/C29H30N6O3/c1-19-12-20(14-21(13-19)26(36)34-17-24-25(18-34)32-10-9-31-24)16-35-27(37)29(33-28(35)30,15-23-8-5-11-38-23)22-6-3-2-4-7-22/h2-4,6-7,9-10,12-14,23H,5,8,11,15-18H2,1H3,(H2,30,33). The molecule has 2 N–H and O–H groups in total. The molecular weight excluding hydrogens is 480 g/mol. The minimum Gasteiger partial charge on any atom is -0.378 e. The molecule has 1 saturated heterocycles. The van der Waals surface area contributed by atoms with Crippen molar-refractivity contribution in [2.45, 2.75) is 57.5 Å². The molecule has 4 heterocycles. The highest BCUT2D eigenvalue weighted by Crippen LogP contribution is 2.40. The van der Waals surface area contributed by atoms with Gasteiger partial charge in [0.15, 0.2) is 11.5 Å². The lowest BCUT2D eigenvalue weighted by Gasteiger charge is -2.29. The van der Waals surface area contributed by atoms with Crippen molar-refractivity contribution in [3.8, 4) is 0 Å². The van der Waals surface area contributed by atoms with E-state index in [9.17, 15) is 9.59 Å². The number of nitrogens with two attached hydrogens (primary N) is 1. The van der Waals surface area contributed by atoms with Crippen molar-refractivity contribution in [1.82, 2.24) is 19.8 Å². The van der Waals surface area contributed by atoms with E-state index in [1.54, 1.807) is 17.3 Å². The van der Waals surface area contributed by atoms with Crippen LogP contribution in [0.3, 0.4) is 0 Å². The summed E-state index contributed by atoms with van der Waals surface area (Å²) in [7, 11) is 0. The first kappa shape index (κ1) is 24.2. The molecule has 9 nitrogen and oxygen atoms in total. The van der Waals surface area contributed by atoms with Gasteiger partial charge in [-0.05, 0) is 48.6 Å². The highest BCUT2D eigenvalue weighted by molar-refractivity contribution is 6.07. The van der Waals surface area contributed by atoms with Crippen LogP contribution in [0.15, 0.2) is 65.9 Å². The Morgan fingerprint density at radius 3 is 2.53 bits per heavy atom. The first-order valence-electron chi connectivity index (χ1n) is 13.0. The van der Waals surface area contributed by atoms with Gasteiger partial charge in [-0.25, -0.2) is 4.99 Å². The molecule has 0 saturated carbocycles. The number of ether oxygens (including phenoxy) is 1. The number of aryl methyl sites for hydroxylation is 1. The molecule has 38 heavy (non-hydrogen) atoms. The second-order valence-electron chi connectivity index (χ2n) is 10.2. The van der Waals surface area contributed by atoms with Crippen LogP contribution in [-0.4, -0.2) is 50.3 Å². The summed E-state index contributed by atoms with van der Waals surface area (Å²) in [5.41, 5.74) is 10.0. The maximum Gasteiger partial charge on any atom is 0.262 e. The van der Waals surface area contributed by atoms with Gasteiger partial charge in [-0.1, -0.05) is 36.4 Å². The van der Waals surface area contributed by atoms with Crippen LogP contribution >= 0.6 is 0 Å². The molecule has 2 amide bonds. The number of hydrogen-bond donors (Lipinski definition) is 1. The molecule has 1 aromatic heterocycles. The Hall–Kier alpha value is -4.11. The first-order chi connectivity index (χ1) is 18.4. The van der Waals surface area contributed by atoms with Crippen LogP contribution in [0, 0.1) is 6.92 Å². The molecule has 194 valence electrons. The maximum absolute atomic E-state index is 14.1. The molecule has 3 aliphatic heterocycles. The molecule has 3 aromatic rings. The number of carbonyl (C=O) groups is 2. The number of amides is 2. The smallest absolute Gasteiger partial charge is 0.262 e. The monoisotopic (exact) mass is 510 g/mol. The van der Waals surface area contributed by atoms with Crippen LogP contribution in [0.4, 0.5) is 0 Å². The third-order valence-electron chi connectivity index (χ3n) is 7.53. The highest BCUT2D eigenvalue weighted by Gasteiger charge is 2.50. The van der Waals surface area contributed by atoms with E-state index < -0.39 is 5.54 Å². The van der Waals surface area contributed by atoms with Gasteiger partial charge in [-0.15, -0.1) is 0 Å². The number of fused-ring (bicyclic) bond motifs is 1. The highest BCUT2D eigenvalue weighted by atomic mass is 16.5. The second-order valence-corrected chi connectivity index (χ2v) is 10.2. The third-order valence-corrected chi connectivity index (χ3v) is 7.53. The van der Waals surface area contributed by atoms with Gasteiger partial charge in [-0.3, -0.25) is 24.5 Å². The topological polar surface area (TPSA) is 114 Å². The summed E-state index contributed by atoms with van der Waals surface area (Å²) in [6, 6.07) is 15.3. The predicted octanol–water partition coefficient (Wildman–Crippen LogP) is 3.06. The van der Waals surface area contributed by atoms with Gasteiger partial charge in [-0.2, -0.15) is 0 Å². The Bertz CT molecular complexity index is 1390. The lowest BCUT2D eigenvalue weighted by molar-refractivity contribution is -0.133. The van der Waals surface area contributed by atoms with Crippen LogP contribution in [-0.2, 0) is 34.7 Å². The van der Waals surface area contributed by atoms with Crippen molar-refractivity contribution in [3.63, 3.8) is 0 Å². The minimum absolute atomic E-state index is 0.0487. The molecule has 2 atom stereocenters. The fourth-order valence-corrected chi connectivity index (χ4v) is 5.73. The van der Waals surface area contributed by atoms with Crippen LogP contribution < -0.4 is 5.73 Å². The zero-order chi connectivity index (χ0) is 26.3. The SMILES string of the molecule is Cc1cc(CN2C(=O)C(CC3CCCO3)(c3ccccc3)N=C2N)cc(C(=O)N2Cc3nccnc3C2)c1. The molecule has 0 radical (unpaired) electrons. The zero-order valence-corrected chi connectivity index (χ0v) is 21.3. The number of aromatic nitrogens is 2. The van der Waals surface area contributed by atoms with Crippen molar-refractivity contribution in [2.24, 2.45) is 10.7 Å². The van der Waals surface area contributed by atoms with Gasteiger partial charge in [0.1, 0.15) is 0 Å². The Kier molecular flexibility index (Phi) is 6.15. The van der Waals surface area contributed by atoms with Crippen LogP contribution in [0.25, 0.3) is 0 Å². The van der Waals surface area contributed by atoms with Gasteiger partial charge in [0.2, 0.25) is 0 Å². The van der Waals surface area contributed by atoms with E-state index in [4.69, 9.17) is 15.5 Å². The number of guanidine groups is 1. The molecular formula is C29H30N6O3. The van der Waals surface area contributed by atoms with Crippen LogP contribution in [0.2, 0.25) is 0 Å². The fraction of sp³-hybridized carbons (Fsp3) is 0.345. The summed E-state index contributed by atoms with van der Waals surface area (Å²) >= 11 is 0. The number of aliphatic imine (C=N–C) groups is 1. The van der Waals surface area contributed by atoms with Crippen molar-refractivity contribution in [1.29, 1.82) is 0 Å². The summed E-state index contributed by atoms with van der Waals surface area (Å²) in [6.45, 7) is 3.72. The van der Waals surface area contributed by atoms with E-state index in [1.807, 2.05) is 55.5 Å². The molecule has 2 unspecified atom stereocenters. The summed E-state index contributed by atoms with van der Waals surface area (Å²) in [5, 5.41) is 0. The summed E-state index contributed by atoms with van der Waals surface area (Å²) in [6.07, 6.45) is 5.55. The quantitative estimate of drug-likeness (QED) is 0.545. The number of nitrogens with zero attached hydrogens (tertiary/aromatic N) is 5. The molecule has 0 spiro atoms. The number of benzene rings is 2. The first-order valence-corrected chi connectivity index (χ1v) is 13.0. The van der Waals surface area contributed by atoms with E-state index >= 15 is 0 Å². The van der Waals surface area contributed by atoms with Gasteiger partial charge in [0.05, 0.1) is 37.1 Å². The van der Waals surface area contributed by atoms with Gasteiger partial charge in [0.25, 0.3) is 11.8 Å². The van der Waals surface area contributed by atoms with Gasteiger partial charge in [0, 0.05) is 31.0 Å². The lowest BCUT2D eigenvalue weighted by atomic mass is 9.84. The molecule has 2 aromatic carbocycles. The minimum atomic E-state index is -1.12. The van der Waals surface area contributed by atoms with E-state index in [1.165, 1.54) is 4.90 Å². The molecule has 1 fully saturated rings. The summed E-state index contributed by atoms with van der Waals surface area (Å²) in [4.78, 5) is 44.2. The average molecular weight is 511 g/mol. The van der Waals surface area contributed by atoms with Crippen molar-refractivity contribution < 1.29 is 14.3 Å². The van der Waals surface area contributed by atoms with Crippen molar-refractivity contribution in [3.05, 3.63) is 94.6 Å². The Balaban J connectivity index is 1.26. The number of carbonyl (C=O) groups excluding carboxylic acids is 2. The Morgan fingerprint density at radius 2 is 1.84 bits per heavy atom. The predicted molar refractivity (Wildman–Crippen MR) is 141 cm³/mol. The summed E-state index contributed by atoms with van der Waals surface area (Å²) in [5.74, 6) is -0.0854. The largest absolute Gasteiger partial charge is 0.378 e. The Morgan fingerprint density at radius 1 is 1.11 bits per heavy atom. The van der Waals surface area contributed by atoms with E-state index in [0.717, 1.165) is 40.9 Å². The average Bonchev–Trinajstić information content (AvgIpc) is 3.65. The van der Waals surface area contributed by atoms with E-state index in [2.05, 4.69) is 9.97 Å². The van der Waals surface area contributed by atoms with Crippen LogP contribution in [0.5, 0.6) is 0 Å². The molecule has 6 rings (SSSR count). The zero-order valence-electron chi connectivity index (χ0n) is 21.3. The number of hydrogen-bond acceptors (Lipinski definition) is 7. The summed E-state index contributed by atoms with van der Waals surface area (Å²) < 4.78 is 5.90. The Labute approximate surface area is 221 Å². The molecule has 0 aliphatic carbocycles. The number of rotatable bonds is 6. The lowest BCUT2D eigenvalue weighted by Crippen LogP contribution is -2.44. The molecule has 9 heteroatoms. The van der Waals surface area contributed by atoms with Gasteiger partial charge < -0.3 is 15.4 Å². The van der Waals surface area contributed by atoms with Gasteiger partial charge >= 0.3 is 0 Å². The van der Waals surface area contributed by atoms with E-state index in [-0.39, 0.29) is 30.4 Å². The molecule has 3 aliphatic rings. The van der Waals surface area contributed by atoms with E-state index in [0.29, 0.717) is 31.7 Å². The van der Waals surface area contributed by atoms with Crippen molar-refractivity contribution >= 4 is 17.8 Å². The fourth-order valence-electron chi connectivity index (χ4n) is 5.73. The second kappa shape index (κ2) is 9.64. The van der Waals surface area contributed by atoms with Crippen molar-refractivity contribution in [2.75, 3.05) is 6.61 Å². The van der Waals surface area contributed by atoms with Crippen LogP contribution in [0.1, 0.15) is 57.7 Å².